The zero-order valence-electron chi connectivity index (χ0n) is 24.2. The molecule has 41 heavy (non-hydrogen) atoms. The Morgan fingerprint density at radius 3 is 2.17 bits per heavy atom. The number of anilines is 1. The summed E-state index contributed by atoms with van der Waals surface area (Å²) >= 11 is 0. The van der Waals surface area contributed by atoms with Gasteiger partial charge < -0.3 is 14.4 Å². The number of ether oxygens (including phenoxy) is 2. The summed E-state index contributed by atoms with van der Waals surface area (Å²) in [5.74, 6) is 2.77. The van der Waals surface area contributed by atoms with Crippen molar-refractivity contribution in [2.75, 3.05) is 38.1 Å². The van der Waals surface area contributed by atoms with Crippen LogP contribution < -0.4 is 5.32 Å². The summed E-state index contributed by atoms with van der Waals surface area (Å²) in [6.45, 7) is 10.9. The van der Waals surface area contributed by atoms with E-state index in [1.807, 2.05) is 64.1 Å². The number of hydrogen-bond acceptors (Lipinski definition) is 5. The number of hydrogen-bond donors (Lipinski definition) is 1. The van der Waals surface area contributed by atoms with Crippen molar-refractivity contribution in [1.82, 2.24) is 9.80 Å². The first-order valence-corrected chi connectivity index (χ1v) is 14.1. The van der Waals surface area contributed by atoms with Crippen molar-refractivity contribution in [2.24, 2.45) is 0 Å². The van der Waals surface area contributed by atoms with Crippen LogP contribution in [0.2, 0.25) is 0 Å². The number of amides is 2. The van der Waals surface area contributed by atoms with Crippen LogP contribution in [0, 0.1) is 19.3 Å². The molecule has 0 unspecified atom stereocenters. The second-order valence-electron chi connectivity index (χ2n) is 11.7. The van der Waals surface area contributed by atoms with Gasteiger partial charge in [0.05, 0.1) is 0 Å². The summed E-state index contributed by atoms with van der Waals surface area (Å²) in [5.41, 5.74) is 7.42. The second kappa shape index (κ2) is 11.7. The number of benzene rings is 3. The van der Waals surface area contributed by atoms with E-state index in [4.69, 9.17) is 15.9 Å². The monoisotopic (exact) mass is 551 g/mol. The molecule has 2 aliphatic rings. The lowest BCUT2D eigenvalue weighted by Gasteiger charge is -2.34. The quantitative estimate of drug-likeness (QED) is 0.372. The Hall–Kier alpha value is -4.28. The Morgan fingerprint density at radius 1 is 0.976 bits per heavy atom. The summed E-state index contributed by atoms with van der Waals surface area (Å²) in [6, 6.07) is 20.6. The van der Waals surface area contributed by atoms with Gasteiger partial charge in [0.2, 0.25) is 0 Å². The molecule has 0 bridgehead atoms. The van der Waals surface area contributed by atoms with Crippen LogP contribution in [-0.4, -0.2) is 60.4 Å². The minimum Gasteiger partial charge on any atom is -0.448 e. The highest BCUT2D eigenvalue weighted by Gasteiger charge is 2.30. The standard InChI is InChI=1S/C34H37N3O4/c1-6-25-19-24(20-31(23(25)2)35-32(38)41-34(3,4)5)21-36-15-17-37(18-16-36)33(39)40-22-30-28-13-9-7-11-26(28)27-12-8-10-14-29(27)30/h1,7-14,19-20,30H,15-18,21-22H2,2-5H3,(H,35,38). The molecule has 1 aliphatic carbocycles. The highest BCUT2D eigenvalue weighted by atomic mass is 16.6. The van der Waals surface area contributed by atoms with Crippen LogP contribution in [0.4, 0.5) is 15.3 Å². The van der Waals surface area contributed by atoms with E-state index >= 15 is 0 Å². The third-order valence-corrected chi connectivity index (χ3v) is 7.63. The lowest BCUT2D eigenvalue weighted by Crippen LogP contribution is -2.48. The van der Waals surface area contributed by atoms with Gasteiger partial charge in [-0.2, -0.15) is 0 Å². The van der Waals surface area contributed by atoms with Crippen LogP contribution in [0.25, 0.3) is 11.1 Å². The van der Waals surface area contributed by atoms with Crippen LogP contribution in [0.3, 0.4) is 0 Å². The van der Waals surface area contributed by atoms with Gasteiger partial charge in [0.25, 0.3) is 0 Å². The molecule has 1 N–H and O–H groups in total. The summed E-state index contributed by atoms with van der Waals surface area (Å²) in [7, 11) is 0. The molecule has 0 saturated carbocycles. The van der Waals surface area contributed by atoms with Crippen molar-refractivity contribution in [2.45, 2.75) is 45.8 Å². The Kier molecular flexibility index (Phi) is 8.05. The molecule has 1 heterocycles. The topological polar surface area (TPSA) is 71.1 Å². The maximum atomic E-state index is 13.0. The molecule has 1 fully saturated rings. The third kappa shape index (κ3) is 6.39. The molecule has 212 valence electrons. The summed E-state index contributed by atoms with van der Waals surface area (Å²) in [4.78, 5) is 29.5. The predicted molar refractivity (Wildman–Crippen MR) is 161 cm³/mol. The van der Waals surface area contributed by atoms with E-state index in [1.54, 1.807) is 4.90 Å². The molecule has 7 nitrogen and oxygen atoms in total. The van der Waals surface area contributed by atoms with Crippen LogP contribution in [0.15, 0.2) is 60.7 Å². The molecule has 2 amide bonds. The smallest absolute Gasteiger partial charge is 0.412 e. The number of piperazine rings is 1. The Bertz CT molecular complexity index is 1450. The zero-order chi connectivity index (χ0) is 29.1. The molecular weight excluding hydrogens is 514 g/mol. The zero-order valence-corrected chi connectivity index (χ0v) is 24.2. The third-order valence-electron chi connectivity index (χ3n) is 7.63. The lowest BCUT2D eigenvalue weighted by molar-refractivity contribution is 0.0635. The minimum atomic E-state index is -0.600. The van der Waals surface area contributed by atoms with E-state index in [0.29, 0.717) is 45.0 Å². The highest BCUT2D eigenvalue weighted by Crippen LogP contribution is 2.44. The number of nitrogens with one attached hydrogen (secondary N) is 1. The van der Waals surface area contributed by atoms with E-state index in [0.717, 1.165) is 16.7 Å². The minimum absolute atomic E-state index is 0.0445. The molecule has 1 aliphatic heterocycles. The van der Waals surface area contributed by atoms with Crippen molar-refractivity contribution >= 4 is 17.9 Å². The summed E-state index contributed by atoms with van der Waals surface area (Å²) in [6.07, 6.45) is 4.97. The van der Waals surface area contributed by atoms with Gasteiger partial charge in [0.1, 0.15) is 12.2 Å². The SMILES string of the molecule is C#Cc1cc(CN2CCN(C(=O)OCC3c4ccccc4-c4ccccc43)CC2)cc(NC(=O)OC(C)(C)C)c1C. The van der Waals surface area contributed by atoms with Gasteiger partial charge in [0.15, 0.2) is 0 Å². The second-order valence-corrected chi connectivity index (χ2v) is 11.7. The first kappa shape index (κ1) is 28.3. The number of carbonyl (C=O) groups excluding carboxylic acids is 2. The average Bonchev–Trinajstić information content (AvgIpc) is 3.26. The Morgan fingerprint density at radius 2 is 1.59 bits per heavy atom. The molecule has 0 radical (unpaired) electrons. The first-order chi connectivity index (χ1) is 19.6. The van der Waals surface area contributed by atoms with Crippen molar-refractivity contribution in [3.05, 3.63) is 88.5 Å². The van der Waals surface area contributed by atoms with Gasteiger partial charge in [-0.05, 0) is 73.2 Å². The number of nitrogens with zero attached hydrogens (tertiary/aromatic N) is 2. The maximum Gasteiger partial charge on any atom is 0.412 e. The molecule has 0 aromatic heterocycles. The normalized spacial score (nSPS) is 15.0. The molecule has 5 rings (SSSR count). The number of rotatable bonds is 5. The van der Waals surface area contributed by atoms with Gasteiger partial charge >= 0.3 is 12.2 Å². The molecule has 0 spiro atoms. The van der Waals surface area contributed by atoms with Gasteiger partial charge in [0, 0.05) is 49.9 Å². The average molecular weight is 552 g/mol. The highest BCUT2D eigenvalue weighted by molar-refractivity contribution is 5.86. The summed E-state index contributed by atoms with van der Waals surface area (Å²) < 4.78 is 11.3. The van der Waals surface area contributed by atoms with E-state index in [2.05, 4.69) is 40.4 Å². The lowest BCUT2D eigenvalue weighted by atomic mass is 9.98. The number of carbonyl (C=O) groups is 2. The Labute approximate surface area is 242 Å². The molecule has 1 saturated heterocycles. The van der Waals surface area contributed by atoms with E-state index < -0.39 is 11.7 Å². The molecule has 0 atom stereocenters. The van der Waals surface area contributed by atoms with Gasteiger partial charge in [-0.3, -0.25) is 10.2 Å². The number of fused-ring (bicyclic) bond motifs is 3. The Balaban J connectivity index is 1.17. The van der Waals surface area contributed by atoms with Crippen molar-refractivity contribution in [1.29, 1.82) is 0 Å². The molecule has 7 heteroatoms. The largest absolute Gasteiger partial charge is 0.448 e. The fourth-order valence-electron chi connectivity index (χ4n) is 5.59. The maximum absolute atomic E-state index is 13.0. The van der Waals surface area contributed by atoms with E-state index in [-0.39, 0.29) is 12.0 Å². The van der Waals surface area contributed by atoms with Crippen LogP contribution in [-0.2, 0) is 16.0 Å². The van der Waals surface area contributed by atoms with Gasteiger partial charge in [-0.1, -0.05) is 54.5 Å². The van der Waals surface area contributed by atoms with Gasteiger partial charge in [-0.25, -0.2) is 9.59 Å². The van der Waals surface area contributed by atoms with E-state index in [9.17, 15) is 9.59 Å². The van der Waals surface area contributed by atoms with Crippen molar-refractivity contribution in [3.8, 4) is 23.5 Å². The van der Waals surface area contributed by atoms with Crippen LogP contribution in [0.1, 0.15) is 54.5 Å². The fraction of sp³-hybridized carbons (Fsp3) is 0.353. The molecule has 3 aromatic rings. The van der Waals surface area contributed by atoms with Crippen molar-refractivity contribution in [3.63, 3.8) is 0 Å². The predicted octanol–water partition coefficient (Wildman–Crippen LogP) is 6.39. The van der Waals surface area contributed by atoms with Crippen molar-refractivity contribution < 1.29 is 19.1 Å². The van der Waals surface area contributed by atoms with Crippen LogP contribution in [0.5, 0.6) is 0 Å². The molecular formula is C34H37N3O4. The van der Waals surface area contributed by atoms with Crippen LogP contribution >= 0.6 is 0 Å². The first-order valence-electron chi connectivity index (χ1n) is 14.1. The fourth-order valence-corrected chi connectivity index (χ4v) is 5.59. The summed E-state index contributed by atoms with van der Waals surface area (Å²) in [5, 5.41) is 2.85. The number of terminal acetylenes is 1. The molecule has 3 aromatic carbocycles. The van der Waals surface area contributed by atoms with Gasteiger partial charge in [-0.15, -0.1) is 6.42 Å². The van der Waals surface area contributed by atoms with E-state index in [1.165, 1.54) is 22.3 Å².